The first kappa shape index (κ1) is 20.6. The largest absolute Gasteiger partial charge is 0.462 e. The van der Waals surface area contributed by atoms with Crippen LogP contribution in [0.5, 0.6) is 0 Å². The molecule has 0 radical (unpaired) electrons. The van der Waals surface area contributed by atoms with E-state index in [1.807, 2.05) is 0 Å². The van der Waals surface area contributed by atoms with Crippen LogP contribution in [0, 0.1) is 28.6 Å². The molecule has 4 aliphatic rings. The fraction of sp³-hybridized carbons (Fsp3) is 0.826. The summed E-state index contributed by atoms with van der Waals surface area (Å²) < 4.78 is 5.52. The van der Waals surface area contributed by atoms with E-state index in [-0.39, 0.29) is 33.5 Å². The second-order valence-corrected chi connectivity index (χ2v) is 11.3. The highest BCUT2D eigenvalue weighted by molar-refractivity contribution is 9.09. The summed E-state index contributed by atoms with van der Waals surface area (Å²) in [6.07, 6.45) is 9.08. The molecule has 0 unspecified atom stereocenters. The van der Waals surface area contributed by atoms with E-state index < -0.39 is 5.60 Å². The van der Waals surface area contributed by atoms with Gasteiger partial charge < -0.3 is 9.84 Å². The molecule has 4 rings (SSSR count). The van der Waals surface area contributed by atoms with Crippen molar-refractivity contribution >= 4 is 27.7 Å². The molecule has 0 aromatic carbocycles. The minimum absolute atomic E-state index is 0.0171. The third-order valence-corrected chi connectivity index (χ3v) is 10.1. The third-order valence-electron chi connectivity index (χ3n) is 9.10. The number of ketones is 1. The van der Waals surface area contributed by atoms with Gasteiger partial charge in [0.15, 0.2) is 5.78 Å². The van der Waals surface area contributed by atoms with Gasteiger partial charge in [-0.25, -0.2) is 0 Å². The van der Waals surface area contributed by atoms with Crippen LogP contribution in [0.1, 0.15) is 72.6 Å². The molecule has 8 atom stereocenters. The number of hydrogen-bond donors (Lipinski definition) is 1. The van der Waals surface area contributed by atoms with Gasteiger partial charge in [-0.05, 0) is 68.6 Å². The summed E-state index contributed by atoms with van der Waals surface area (Å²) in [6, 6.07) is 0. The Bertz CT molecular complexity index is 732. The first-order chi connectivity index (χ1) is 13.0. The minimum Gasteiger partial charge on any atom is -0.462 e. The molecule has 0 aliphatic heterocycles. The molecular weight excluding hydrogens is 420 g/mol. The van der Waals surface area contributed by atoms with Crippen molar-refractivity contribution in [1.82, 2.24) is 0 Å². The van der Waals surface area contributed by atoms with Crippen LogP contribution in [0.15, 0.2) is 11.6 Å². The maximum atomic E-state index is 12.5. The van der Waals surface area contributed by atoms with Crippen LogP contribution in [0.3, 0.4) is 0 Å². The molecule has 0 amide bonds. The molecule has 5 heteroatoms. The summed E-state index contributed by atoms with van der Waals surface area (Å²) in [4.78, 5) is 23.7. The highest BCUT2D eigenvalue weighted by atomic mass is 79.9. The smallest absolute Gasteiger partial charge is 0.302 e. The summed E-state index contributed by atoms with van der Waals surface area (Å²) in [5.74, 6) is 1.15. The van der Waals surface area contributed by atoms with E-state index in [1.54, 1.807) is 6.92 Å². The molecule has 1 N–H and O–H groups in total. The molecule has 0 aromatic heterocycles. The van der Waals surface area contributed by atoms with Crippen molar-refractivity contribution in [2.75, 3.05) is 0 Å². The average molecular weight is 453 g/mol. The van der Waals surface area contributed by atoms with Crippen molar-refractivity contribution in [3.63, 3.8) is 0 Å². The second-order valence-electron chi connectivity index (χ2n) is 10.2. The van der Waals surface area contributed by atoms with Crippen LogP contribution in [0.4, 0.5) is 0 Å². The van der Waals surface area contributed by atoms with Gasteiger partial charge in [0.1, 0.15) is 11.7 Å². The average Bonchev–Trinajstić information content (AvgIpc) is 2.83. The molecule has 4 nitrogen and oxygen atoms in total. The predicted octanol–water partition coefficient (Wildman–Crippen LogP) is 4.57. The first-order valence-corrected chi connectivity index (χ1v) is 11.7. The lowest BCUT2D eigenvalue weighted by Crippen LogP contribution is -2.58. The lowest BCUT2D eigenvalue weighted by atomic mass is 9.47. The topological polar surface area (TPSA) is 63.6 Å². The van der Waals surface area contributed by atoms with E-state index in [1.165, 1.54) is 12.5 Å². The molecule has 0 aromatic rings. The fourth-order valence-electron chi connectivity index (χ4n) is 7.56. The lowest BCUT2D eigenvalue weighted by molar-refractivity contribution is -0.159. The van der Waals surface area contributed by atoms with Crippen LogP contribution in [-0.2, 0) is 14.3 Å². The van der Waals surface area contributed by atoms with E-state index >= 15 is 0 Å². The van der Waals surface area contributed by atoms with Gasteiger partial charge >= 0.3 is 5.97 Å². The SMILES string of the molecule is CC(=O)O[C@H]1CC[C@@]2(C)C(=CC[C@@H]3[C@@H]2CC[C@@]2(C)[C@H]3C[C@H](Br)[C@]2(O)C(C)=O)C1. The number of allylic oxidation sites excluding steroid dienone is 1. The molecule has 4 aliphatic carbocycles. The molecule has 156 valence electrons. The zero-order valence-corrected chi connectivity index (χ0v) is 19.0. The molecule has 0 spiro atoms. The van der Waals surface area contributed by atoms with Gasteiger partial charge in [-0.1, -0.05) is 41.4 Å². The van der Waals surface area contributed by atoms with Crippen molar-refractivity contribution in [2.24, 2.45) is 28.6 Å². The maximum Gasteiger partial charge on any atom is 0.302 e. The summed E-state index contributed by atoms with van der Waals surface area (Å²) in [5.41, 5.74) is -0.00426. The second kappa shape index (κ2) is 6.66. The minimum atomic E-state index is -1.26. The number of Topliss-reactive ketones (excluding diaryl/α,β-unsaturated/α-hetero) is 1. The van der Waals surface area contributed by atoms with Crippen molar-refractivity contribution in [3.05, 3.63) is 11.6 Å². The lowest BCUT2D eigenvalue weighted by Gasteiger charge is -2.58. The van der Waals surface area contributed by atoms with Crippen molar-refractivity contribution in [2.45, 2.75) is 89.2 Å². The maximum absolute atomic E-state index is 12.5. The monoisotopic (exact) mass is 452 g/mol. The zero-order valence-electron chi connectivity index (χ0n) is 17.5. The summed E-state index contributed by atoms with van der Waals surface area (Å²) in [6.45, 7) is 7.59. The van der Waals surface area contributed by atoms with E-state index in [9.17, 15) is 14.7 Å². The number of esters is 1. The fourth-order valence-corrected chi connectivity index (χ4v) is 8.81. The Kier molecular flexibility index (Phi) is 4.90. The molecular formula is C23H33BrO4. The Hall–Kier alpha value is -0.680. The Balaban J connectivity index is 1.64. The highest BCUT2D eigenvalue weighted by Crippen LogP contribution is 2.68. The van der Waals surface area contributed by atoms with E-state index in [4.69, 9.17) is 4.74 Å². The normalized spacial score (nSPS) is 50.1. The Morgan fingerprint density at radius 3 is 2.54 bits per heavy atom. The van der Waals surface area contributed by atoms with Gasteiger partial charge in [0, 0.05) is 18.8 Å². The molecule has 0 saturated heterocycles. The summed E-state index contributed by atoms with van der Waals surface area (Å²) in [7, 11) is 0. The number of carbonyl (C=O) groups is 2. The number of carbonyl (C=O) groups excluding carboxylic acids is 2. The Morgan fingerprint density at radius 1 is 1.18 bits per heavy atom. The molecule has 3 saturated carbocycles. The number of halogens is 1. The van der Waals surface area contributed by atoms with Crippen molar-refractivity contribution in [3.8, 4) is 0 Å². The molecule has 0 heterocycles. The van der Waals surface area contributed by atoms with Crippen LogP contribution >= 0.6 is 15.9 Å². The predicted molar refractivity (Wildman–Crippen MR) is 111 cm³/mol. The third kappa shape index (κ3) is 2.64. The highest BCUT2D eigenvalue weighted by Gasteiger charge is 2.68. The van der Waals surface area contributed by atoms with E-state index in [0.717, 1.165) is 44.9 Å². The molecule has 0 bridgehead atoms. The van der Waals surface area contributed by atoms with E-state index in [0.29, 0.717) is 17.8 Å². The van der Waals surface area contributed by atoms with Crippen LogP contribution in [0.2, 0.25) is 0 Å². The van der Waals surface area contributed by atoms with Gasteiger partial charge in [0.25, 0.3) is 0 Å². The quantitative estimate of drug-likeness (QED) is 0.378. The van der Waals surface area contributed by atoms with Gasteiger partial charge in [0.2, 0.25) is 0 Å². The summed E-state index contributed by atoms with van der Waals surface area (Å²) in [5, 5.41) is 11.4. The Labute approximate surface area is 176 Å². The standard InChI is InChI=1S/C23H33BrO4/c1-13(25)23(27)20(24)12-19-17-6-5-15-11-16(28-14(2)26)7-9-21(15,3)18(17)8-10-22(19,23)4/h5,16-20,27H,6-12H2,1-4H3/t16-,17+,18-,19-,20-,21-,22-,23+/m0/s1. The Morgan fingerprint density at radius 2 is 1.89 bits per heavy atom. The van der Waals surface area contributed by atoms with Gasteiger partial charge in [-0.3, -0.25) is 9.59 Å². The van der Waals surface area contributed by atoms with Gasteiger partial charge in [-0.15, -0.1) is 0 Å². The number of aliphatic hydroxyl groups is 1. The van der Waals surface area contributed by atoms with Crippen LogP contribution < -0.4 is 0 Å². The number of rotatable bonds is 2. The number of alkyl halides is 1. The summed E-state index contributed by atoms with van der Waals surface area (Å²) >= 11 is 3.68. The van der Waals surface area contributed by atoms with E-state index in [2.05, 4.69) is 35.9 Å². The number of hydrogen-bond acceptors (Lipinski definition) is 4. The number of fused-ring (bicyclic) bond motifs is 5. The van der Waals surface area contributed by atoms with Crippen LogP contribution in [0.25, 0.3) is 0 Å². The van der Waals surface area contributed by atoms with Crippen molar-refractivity contribution in [1.29, 1.82) is 0 Å². The van der Waals surface area contributed by atoms with Crippen LogP contribution in [-0.4, -0.2) is 33.4 Å². The molecule has 28 heavy (non-hydrogen) atoms. The zero-order chi connectivity index (χ0) is 20.5. The van der Waals surface area contributed by atoms with Gasteiger partial charge in [0.05, 0.1) is 4.83 Å². The van der Waals surface area contributed by atoms with Gasteiger partial charge in [-0.2, -0.15) is 0 Å². The number of ether oxygens (including phenoxy) is 1. The van der Waals surface area contributed by atoms with Crippen molar-refractivity contribution < 1.29 is 19.4 Å². The molecule has 3 fully saturated rings. The first-order valence-electron chi connectivity index (χ1n) is 10.8.